The monoisotopic (exact) mass is 289 g/mol. The van der Waals surface area contributed by atoms with E-state index in [4.69, 9.17) is 5.73 Å². The SMILES string of the molecule is CN(C)C(=O)C1CCCN1C(=O)Cc1ccccc1CN. The Labute approximate surface area is 125 Å². The quantitative estimate of drug-likeness (QED) is 0.890. The summed E-state index contributed by atoms with van der Waals surface area (Å²) in [7, 11) is 3.46. The fraction of sp³-hybridized carbons (Fsp3) is 0.500. The van der Waals surface area contributed by atoms with Crippen molar-refractivity contribution in [2.75, 3.05) is 20.6 Å². The molecule has 0 saturated carbocycles. The Morgan fingerprint density at radius 2 is 1.95 bits per heavy atom. The summed E-state index contributed by atoms with van der Waals surface area (Å²) in [5.41, 5.74) is 7.65. The predicted octanol–water partition coefficient (Wildman–Crippen LogP) is 0.767. The topological polar surface area (TPSA) is 66.6 Å². The third-order valence-corrected chi connectivity index (χ3v) is 3.98. The zero-order valence-corrected chi connectivity index (χ0v) is 12.7. The van der Waals surface area contributed by atoms with Gasteiger partial charge in [-0.15, -0.1) is 0 Å². The fourth-order valence-corrected chi connectivity index (χ4v) is 2.81. The molecule has 21 heavy (non-hydrogen) atoms. The number of hydrogen-bond donors (Lipinski definition) is 1. The van der Waals surface area contributed by atoms with Crippen molar-refractivity contribution in [2.24, 2.45) is 5.73 Å². The molecule has 0 spiro atoms. The van der Waals surface area contributed by atoms with Crippen LogP contribution in [0.1, 0.15) is 24.0 Å². The number of rotatable bonds is 4. The Morgan fingerprint density at radius 3 is 2.57 bits per heavy atom. The number of benzene rings is 1. The summed E-state index contributed by atoms with van der Waals surface area (Å²) in [6.07, 6.45) is 1.94. The summed E-state index contributed by atoms with van der Waals surface area (Å²) in [6.45, 7) is 1.08. The van der Waals surface area contributed by atoms with E-state index in [1.54, 1.807) is 23.9 Å². The van der Waals surface area contributed by atoms with Crippen LogP contribution in [-0.2, 0) is 22.6 Å². The molecule has 0 aliphatic carbocycles. The van der Waals surface area contributed by atoms with Crippen molar-refractivity contribution >= 4 is 11.8 Å². The van der Waals surface area contributed by atoms with Gasteiger partial charge in [-0.2, -0.15) is 0 Å². The second-order valence-corrected chi connectivity index (χ2v) is 5.63. The van der Waals surface area contributed by atoms with Crippen LogP contribution < -0.4 is 5.73 Å². The predicted molar refractivity (Wildman–Crippen MR) is 81.5 cm³/mol. The first-order valence-electron chi connectivity index (χ1n) is 7.32. The Kier molecular flexibility index (Phi) is 4.96. The number of amides is 2. The van der Waals surface area contributed by atoms with Gasteiger partial charge in [-0.05, 0) is 24.0 Å². The van der Waals surface area contributed by atoms with Gasteiger partial charge in [0.05, 0.1) is 6.42 Å². The minimum Gasteiger partial charge on any atom is -0.347 e. The normalized spacial score (nSPS) is 17.9. The van der Waals surface area contributed by atoms with Gasteiger partial charge in [0.1, 0.15) is 6.04 Å². The van der Waals surface area contributed by atoms with Crippen LogP contribution >= 0.6 is 0 Å². The van der Waals surface area contributed by atoms with E-state index in [0.717, 1.165) is 24.0 Å². The zero-order chi connectivity index (χ0) is 15.4. The fourth-order valence-electron chi connectivity index (χ4n) is 2.81. The van der Waals surface area contributed by atoms with E-state index in [1.807, 2.05) is 24.3 Å². The highest BCUT2D eigenvalue weighted by Gasteiger charge is 2.34. The van der Waals surface area contributed by atoms with Gasteiger partial charge in [0.25, 0.3) is 0 Å². The molecule has 1 heterocycles. The Morgan fingerprint density at radius 1 is 1.29 bits per heavy atom. The van der Waals surface area contributed by atoms with Gasteiger partial charge < -0.3 is 15.5 Å². The summed E-state index contributed by atoms with van der Waals surface area (Å²) in [5, 5.41) is 0. The average molecular weight is 289 g/mol. The maximum atomic E-state index is 12.5. The molecule has 0 aromatic heterocycles. The minimum atomic E-state index is -0.308. The molecule has 5 nitrogen and oxygen atoms in total. The van der Waals surface area contributed by atoms with Crippen molar-refractivity contribution in [3.05, 3.63) is 35.4 Å². The molecule has 5 heteroatoms. The van der Waals surface area contributed by atoms with Crippen molar-refractivity contribution < 1.29 is 9.59 Å². The smallest absolute Gasteiger partial charge is 0.244 e. The third kappa shape index (κ3) is 3.42. The van der Waals surface area contributed by atoms with E-state index in [2.05, 4.69) is 0 Å². The van der Waals surface area contributed by atoms with Gasteiger partial charge in [-0.25, -0.2) is 0 Å². The molecular weight excluding hydrogens is 266 g/mol. The standard InChI is InChI=1S/C16H23N3O2/c1-18(2)16(21)14-8-5-9-19(14)15(20)10-12-6-3-4-7-13(12)11-17/h3-4,6-7,14H,5,8-11,17H2,1-2H3. The van der Waals surface area contributed by atoms with Crippen LogP contribution in [0.5, 0.6) is 0 Å². The van der Waals surface area contributed by atoms with Gasteiger partial charge in [0.15, 0.2) is 0 Å². The average Bonchev–Trinajstić information content (AvgIpc) is 2.96. The van der Waals surface area contributed by atoms with Crippen molar-refractivity contribution in [3.8, 4) is 0 Å². The molecule has 1 aliphatic rings. The molecule has 0 radical (unpaired) electrons. The largest absolute Gasteiger partial charge is 0.347 e. The van der Waals surface area contributed by atoms with Crippen LogP contribution in [0, 0.1) is 0 Å². The molecule has 1 atom stereocenters. The molecule has 2 N–H and O–H groups in total. The highest BCUT2D eigenvalue weighted by molar-refractivity contribution is 5.89. The highest BCUT2D eigenvalue weighted by Crippen LogP contribution is 2.21. The van der Waals surface area contributed by atoms with Gasteiger partial charge in [-0.1, -0.05) is 24.3 Å². The van der Waals surface area contributed by atoms with Crippen molar-refractivity contribution in [2.45, 2.75) is 31.8 Å². The first-order chi connectivity index (χ1) is 10.0. The molecule has 1 aliphatic heterocycles. The molecule has 2 amide bonds. The number of nitrogens with two attached hydrogens (primary N) is 1. The van der Waals surface area contributed by atoms with Crippen LogP contribution in [0.2, 0.25) is 0 Å². The van der Waals surface area contributed by atoms with Crippen LogP contribution in [0.15, 0.2) is 24.3 Å². The van der Waals surface area contributed by atoms with Crippen LogP contribution in [0.25, 0.3) is 0 Å². The molecule has 0 bridgehead atoms. The first kappa shape index (κ1) is 15.5. The van der Waals surface area contributed by atoms with Crippen LogP contribution in [0.3, 0.4) is 0 Å². The van der Waals surface area contributed by atoms with E-state index in [9.17, 15) is 9.59 Å². The highest BCUT2D eigenvalue weighted by atomic mass is 16.2. The van der Waals surface area contributed by atoms with Crippen molar-refractivity contribution in [1.82, 2.24) is 9.80 Å². The number of carbonyl (C=O) groups is 2. The van der Waals surface area contributed by atoms with E-state index >= 15 is 0 Å². The van der Waals surface area contributed by atoms with E-state index in [0.29, 0.717) is 19.5 Å². The summed E-state index contributed by atoms with van der Waals surface area (Å²) < 4.78 is 0. The first-order valence-corrected chi connectivity index (χ1v) is 7.32. The number of nitrogens with zero attached hydrogens (tertiary/aromatic N) is 2. The lowest BCUT2D eigenvalue weighted by Crippen LogP contribution is -2.46. The number of likely N-dealkylation sites (tertiary alicyclic amines) is 1. The lowest BCUT2D eigenvalue weighted by Gasteiger charge is -2.26. The lowest BCUT2D eigenvalue weighted by molar-refractivity contribution is -0.141. The molecule has 1 saturated heterocycles. The number of carbonyl (C=O) groups excluding carboxylic acids is 2. The maximum Gasteiger partial charge on any atom is 0.244 e. The Hall–Kier alpha value is -1.88. The summed E-state index contributed by atoms with van der Waals surface area (Å²) >= 11 is 0. The molecule has 1 aromatic carbocycles. The van der Waals surface area contributed by atoms with Crippen molar-refractivity contribution in [1.29, 1.82) is 0 Å². The second kappa shape index (κ2) is 6.72. The van der Waals surface area contributed by atoms with Gasteiger partial charge in [0.2, 0.25) is 11.8 Å². The van der Waals surface area contributed by atoms with Gasteiger partial charge in [0, 0.05) is 27.2 Å². The van der Waals surface area contributed by atoms with E-state index in [-0.39, 0.29) is 17.9 Å². The number of hydrogen-bond acceptors (Lipinski definition) is 3. The van der Waals surface area contributed by atoms with Crippen LogP contribution in [0.4, 0.5) is 0 Å². The van der Waals surface area contributed by atoms with E-state index < -0.39 is 0 Å². The summed E-state index contributed by atoms with van der Waals surface area (Å²) in [6, 6.07) is 7.39. The van der Waals surface area contributed by atoms with Gasteiger partial charge in [-0.3, -0.25) is 9.59 Å². The summed E-state index contributed by atoms with van der Waals surface area (Å²) in [4.78, 5) is 28.0. The van der Waals surface area contributed by atoms with Crippen LogP contribution in [-0.4, -0.2) is 48.3 Å². The molecular formula is C16H23N3O2. The third-order valence-electron chi connectivity index (χ3n) is 3.98. The van der Waals surface area contributed by atoms with Gasteiger partial charge >= 0.3 is 0 Å². The Balaban J connectivity index is 2.10. The summed E-state index contributed by atoms with van der Waals surface area (Å²) in [5.74, 6) is 0.0153. The molecule has 1 aromatic rings. The molecule has 114 valence electrons. The Bertz CT molecular complexity index is 528. The molecule has 2 rings (SSSR count). The van der Waals surface area contributed by atoms with E-state index in [1.165, 1.54) is 0 Å². The lowest BCUT2D eigenvalue weighted by atomic mass is 10.0. The number of likely N-dealkylation sites (N-methyl/N-ethyl adjacent to an activating group) is 1. The maximum absolute atomic E-state index is 12.5. The molecule has 1 unspecified atom stereocenters. The van der Waals surface area contributed by atoms with Crippen molar-refractivity contribution in [3.63, 3.8) is 0 Å². The zero-order valence-electron chi connectivity index (χ0n) is 12.7. The molecule has 1 fully saturated rings. The second-order valence-electron chi connectivity index (χ2n) is 5.63. The minimum absolute atomic E-state index is 0.00737.